The topological polar surface area (TPSA) is 53.1 Å². The molecule has 5 nitrogen and oxygen atoms in total. The quantitative estimate of drug-likeness (QED) is 0.425. The molecule has 0 saturated heterocycles. The van der Waals surface area contributed by atoms with Gasteiger partial charge in [0.25, 0.3) is 0 Å². The van der Waals surface area contributed by atoms with Crippen molar-refractivity contribution in [1.82, 2.24) is 14.8 Å². The molecule has 0 N–H and O–H groups in total. The summed E-state index contributed by atoms with van der Waals surface area (Å²) in [6.07, 6.45) is 3.66. The molecular formula is C23H17N3O2. The highest BCUT2D eigenvalue weighted by molar-refractivity contribution is 5.75. The number of aromatic nitrogens is 3. The van der Waals surface area contributed by atoms with Gasteiger partial charge in [-0.05, 0) is 29.8 Å². The SMILES string of the molecule is c1ccc(COc2cccc(-n3cc(-c4nc5ccccc5o4)cn3)c2)cc1. The van der Waals surface area contributed by atoms with E-state index in [4.69, 9.17) is 9.15 Å². The van der Waals surface area contributed by atoms with Gasteiger partial charge < -0.3 is 9.15 Å². The summed E-state index contributed by atoms with van der Waals surface area (Å²) in [5.41, 5.74) is 4.47. The van der Waals surface area contributed by atoms with Crippen molar-refractivity contribution in [3.05, 3.63) is 96.8 Å². The van der Waals surface area contributed by atoms with Gasteiger partial charge in [0.15, 0.2) is 5.58 Å². The van der Waals surface area contributed by atoms with Crippen molar-refractivity contribution < 1.29 is 9.15 Å². The highest BCUT2D eigenvalue weighted by Crippen LogP contribution is 2.25. The normalized spacial score (nSPS) is 11.0. The minimum Gasteiger partial charge on any atom is -0.489 e. The summed E-state index contributed by atoms with van der Waals surface area (Å²) in [5.74, 6) is 1.35. The van der Waals surface area contributed by atoms with Crippen LogP contribution in [0.15, 0.2) is 95.7 Å². The van der Waals surface area contributed by atoms with E-state index < -0.39 is 0 Å². The molecule has 0 amide bonds. The van der Waals surface area contributed by atoms with Gasteiger partial charge in [-0.1, -0.05) is 48.5 Å². The van der Waals surface area contributed by atoms with Gasteiger partial charge in [-0.25, -0.2) is 9.67 Å². The average molecular weight is 367 g/mol. The lowest BCUT2D eigenvalue weighted by molar-refractivity contribution is 0.306. The molecule has 0 aliphatic rings. The highest BCUT2D eigenvalue weighted by atomic mass is 16.5. The first-order valence-corrected chi connectivity index (χ1v) is 9.03. The van der Waals surface area contributed by atoms with Crippen LogP contribution in [-0.4, -0.2) is 14.8 Å². The van der Waals surface area contributed by atoms with E-state index in [9.17, 15) is 0 Å². The standard InChI is InChI=1S/C23H17N3O2/c1-2-7-17(8-3-1)16-27-20-10-6-9-19(13-20)26-15-18(14-24-26)23-25-21-11-4-5-12-22(21)28-23/h1-15H,16H2. The first-order chi connectivity index (χ1) is 13.8. The molecule has 5 aromatic rings. The Hall–Kier alpha value is -3.86. The fourth-order valence-electron chi connectivity index (χ4n) is 3.03. The van der Waals surface area contributed by atoms with E-state index in [1.807, 2.05) is 85.1 Å². The van der Waals surface area contributed by atoms with Crippen LogP contribution in [0.2, 0.25) is 0 Å². The first kappa shape index (κ1) is 16.3. The number of benzene rings is 3. The molecular weight excluding hydrogens is 350 g/mol. The third kappa shape index (κ3) is 3.25. The Balaban J connectivity index is 1.38. The van der Waals surface area contributed by atoms with E-state index in [1.54, 1.807) is 10.9 Å². The van der Waals surface area contributed by atoms with E-state index in [1.165, 1.54) is 0 Å². The zero-order chi connectivity index (χ0) is 18.8. The average Bonchev–Trinajstić information content (AvgIpc) is 3.40. The summed E-state index contributed by atoms with van der Waals surface area (Å²) in [7, 11) is 0. The number of nitrogens with zero attached hydrogens (tertiary/aromatic N) is 3. The maximum Gasteiger partial charge on any atom is 0.230 e. The third-order valence-corrected chi connectivity index (χ3v) is 4.45. The van der Waals surface area contributed by atoms with E-state index in [0.29, 0.717) is 12.5 Å². The minimum absolute atomic E-state index is 0.525. The molecule has 5 rings (SSSR count). The van der Waals surface area contributed by atoms with Crippen LogP contribution in [0.5, 0.6) is 5.75 Å². The van der Waals surface area contributed by atoms with E-state index in [0.717, 1.165) is 33.7 Å². The smallest absolute Gasteiger partial charge is 0.230 e. The zero-order valence-electron chi connectivity index (χ0n) is 15.0. The Kier molecular flexibility index (Phi) is 4.10. The van der Waals surface area contributed by atoms with Crippen LogP contribution in [0.25, 0.3) is 28.2 Å². The second-order valence-corrected chi connectivity index (χ2v) is 6.43. The third-order valence-electron chi connectivity index (χ3n) is 4.45. The predicted molar refractivity (Wildman–Crippen MR) is 107 cm³/mol. The summed E-state index contributed by atoms with van der Waals surface area (Å²) in [4.78, 5) is 4.53. The number of rotatable bonds is 5. The number of ether oxygens (including phenoxy) is 1. The maximum atomic E-state index is 5.91. The van der Waals surface area contributed by atoms with Crippen LogP contribution in [-0.2, 0) is 6.61 Å². The summed E-state index contributed by atoms with van der Waals surface area (Å²) in [5, 5.41) is 4.45. The van der Waals surface area contributed by atoms with Crippen molar-refractivity contribution in [1.29, 1.82) is 0 Å². The van der Waals surface area contributed by atoms with Gasteiger partial charge in [0, 0.05) is 12.3 Å². The van der Waals surface area contributed by atoms with Crippen molar-refractivity contribution in [3.8, 4) is 22.9 Å². The molecule has 0 aliphatic heterocycles. The summed E-state index contributed by atoms with van der Waals surface area (Å²) < 4.78 is 13.5. The molecule has 136 valence electrons. The molecule has 2 heterocycles. The maximum absolute atomic E-state index is 5.91. The first-order valence-electron chi connectivity index (χ1n) is 9.03. The number of fused-ring (bicyclic) bond motifs is 1. The lowest BCUT2D eigenvalue weighted by atomic mass is 10.2. The fraction of sp³-hybridized carbons (Fsp3) is 0.0435. The fourth-order valence-corrected chi connectivity index (χ4v) is 3.03. The van der Waals surface area contributed by atoms with E-state index in [-0.39, 0.29) is 0 Å². The molecule has 0 atom stereocenters. The predicted octanol–water partition coefficient (Wildman–Crippen LogP) is 5.26. The van der Waals surface area contributed by atoms with Crippen molar-refractivity contribution in [2.45, 2.75) is 6.61 Å². The summed E-state index contributed by atoms with van der Waals surface area (Å²) >= 11 is 0. The van der Waals surface area contributed by atoms with Crippen molar-refractivity contribution in [2.24, 2.45) is 0 Å². The Morgan fingerprint density at radius 3 is 2.64 bits per heavy atom. The molecule has 0 aliphatic carbocycles. The Bertz CT molecular complexity index is 1190. The second-order valence-electron chi connectivity index (χ2n) is 6.43. The lowest BCUT2D eigenvalue weighted by Gasteiger charge is -2.08. The second kappa shape index (κ2) is 7.04. The van der Waals surface area contributed by atoms with Gasteiger partial charge >= 0.3 is 0 Å². The number of hydrogen-bond acceptors (Lipinski definition) is 4. The largest absolute Gasteiger partial charge is 0.489 e. The van der Waals surface area contributed by atoms with Crippen LogP contribution < -0.4 is 4.74 Å². The molecule has 0 radical (unpaired) electrons. The van der Waals surface area contributed by atoms with Crippen LogP contribution in [0.3, 0.4) is 0 Å². The molecule has 0 bridgehead atoms. The Labute approximate surface area is 161 Å². The van der Waals surface area contributed by atoms with Crippen molar-refractivity contribution in [3.63, 3.8) is 0 Å². The molecule has 2 aromatic heterocycles. The van der Waals surface area contributed by atoms with Gasteiger partial charge in [0.1, 0.15) is 17.9 Å². The highest BCUT2D eigenvalue weighted by Gasteiger charge is 2.11. The van der Waals surface area contributed by atoms with Crippen molar-refractivity contribution in [2.75, 3.05) is 0 Å². The minimum atomic E-state index is 0.525. The summed E-state index contributed by atoms with van der Waals surface area (Å²) in [6.45, 7) is 0.525. The van der Waals surface area contributed by atoms with Gasteiger partial charge in [-0.15, -0.1) is 0 Å². The van der Waals surface area contributed by atoms with E-state index in [2.05, 4.69) is 10.1 Å². The molecule has 0 fully saturated rings. The Morgan fingerprint density at radius 2 is 1.75 bits per heavy atom. The number of oxazole rings is 1. The van der Waals surface area contributed by atoms with Gasteiger partial charge in [0.05, 0.1) is 17.4 Å². The van der Waals surface area contributed by atoms with Crippen LogP contribution in [0.4, 0.5) is 0 Å². The molecule has 28 heavy (non-hydrogen) atoms. The summed E-state index contributed by atoms with van der Waals surface area (Å²) in [6, 6.07) is 25.7. The molecule has 0 spiro atoms. The number of hydrogen-bond donors (Lipinski definition) is 0. The van der Waals surface area contributed by atoms with Crippen LogP contribution in [0, 0.1) is 0 Å². The van der Waals surface area contributed by atoms with Crippen LogP contribution >= 0.6 is 0 Å². The van der Waals surface area contributed by atoms with Crippen LogP contribution in [0.1, 0.15) is 5.56 Å². The van der Waals surface area contributed by atoms with Gasteiger partial charge in [-0.3, -0.25) is 0 Å². The molecule has 0 unspecified atom stereocenters. The zero-order valence-corrected chi connectivity index (χ0v) is 15.0. The van der Waals surface area contributed by atoms with Gasteiger partial charge in [0.2, 0.25) is 5.89 Å². The number of para-hydroxylation sites is 2. The molecule has 3 aromatic carbocycles. The lowest BCUT2D eigenvalue weighted by Crippen LogP contribution is -1.98. The monoisotopic (exact) mass is 367 g/mol. The van der Waals surface area contributed by atoms with Gasteiger partial charge in [-0.2, -0.15) is 5.10 Å². The van der Waals surface area contributed by atoms with E-state index >= 15 is 0 Å². The molecule has 5 heteroatoms. The molecule has 0 saturated carbocycles. The van der Waals surface area contributed by atoms with Crippen molar-refractivity contribution >= 4 is 11.1 Å². The Morgan fingerprint density at radius 1 is 0.893 bits per heavy atom.